The van der Waals surface area contributed by atoms with Crippen molar-refractivity contribution in [1.29, 1.82) is 0 Å². The van der Waals surface area contributed by atoms with E-state index in [2.05, 4.69) is 38.5 Å². The summed E-state index contributed by atoms with van der Waals surface area (Å²) in [5.41, 5.74) is 6.94. The van der Waals surface area contributed by atoms with E-state index in [-0.39, 0.29) is 12.0 Å². The Labute approximate surface area is 132 Å². The molecule has 100 valence electrons. The number of nitrogens with two attached hydrogens (primary N) is 1. The Bertz CT molecular complexity index is 584. The summed E-state index contributed by atoms with van der Waals surface area (Å²) in [5, 5.41) is 0. The largest absolute Gasteiger partial charge is 0.324 e. The van der Waals surface area contributed by atoms with Crippen molar-refractivity contribution in [1.82, 2.24) is 0 Å². The normalized spacial score (nSPS) is 12.5. The topological polar surface area (TPSA) is 26.0 Å². The highest BCUT2D eigenvalue weighted by Crippen LogP contribution is 2.27. The van der Waals surface area contributed by atoms with Crippen LogP contribution in [0.2, 0.25) is 0 Å². The van der Waals surface area contributed by atoms with Gasteiger partial charge in [-0.2, -0.15) is 0 Å². The van der Waals surface area contributed by atoms with Gasteiger partial charge in [-0.1, -0.05) is 22.0 Å². The van der Waals surface area contributed by atoms with Crippen LogP contribution in [0.1, 0.15) is 17.2 Å². The molecule has 0 spiro atoms. The van der Waals surface area contributed by atoms with E-state index in [1.165, 1.54) is 18.2 Å². The van der Waals surface area contributed by atoms with Crippen molar-refractivity contribution in [3.63, 3.8) is 0 Å². The first-order valence-corrected chi connectivity index (χ1v) is 7.49. The third-order valence-corrected chi connectivity index (χ3v) is 4.24. The van der Waals surface area contributed by atoms with Crippen molar-refractivity contribution in [2.75, 3.05) is 0 Å². The zero-order valence-electron chi connectivity index (χ0n) is 9.84. The van der Waals surface area contributed by atoms with E-state index in [9.17, 15) is 8.78 Å². The van der Waals surface area contributed by atoms with E-state index in [4.69, 9.17) is 5.73 Å². The van der Waals surface area contributed by atoms with Crippen molar-refractivity contribution in [2.24, 2.45) is 5.73 Å². The molecular weight excluding hydrogens is 427 g/mol. The van der Waals surface area contributed by atoms with E-state index in [1.54, 1.807) is 0 Å². The number of rotatable bonds is 3. The Balaban J connectivity index is 2.31. The van der Waals surface area contributed by atoms with Gasteiger partial charge in [0, 0.05) is 19.6 Å². The van der Waals surface area contributed by atoms with E-state index in [0.29, 0.717) is 0 Å². The number of hydrogen-bond acceptors (Lipinski definition) is 1. The maximum absolute atomic E-state index is 13.6. The molecule has 19 heavy (non-hydrogen) atoms. The van der Waals surface area contributed by atoms with Gasteiger partial charge < -0.3 is 5.73 Å². The van der Waals surface area contributed by atoms with Crippen LogP contribution in [0.3, 0.4) is 0 Å². The van der Waals surface area contributed by atoms with Crippen LogP contribution in [0.5, 0.6) is 0 Å². The van der Waals surface area contributed by atoms with Crippen LogP contribution in [-0.2, 0) is 6.42 Å². The minimum Gasteiger partial charge on any atom is -0.324 e. The van der Waals surface area contributed by atoms with Gasteiger partial charge in [-0.05, 0) is 64.9 Å². The summed E-state index contributed by atoms with van der Waals surface area (Å²) in [6, 6.07) is 9.11. The van der Waals surface area contributed by atoms with Gasteiger partial charge in [0.25, 0.3) is 0 Å². The van der Waals surface area contributed by atoms with Crippen LogP contribution in [0.4, 0.5) is 8.78 Å². The zero-order chi connectivity index (χ0) is 14.0. The second-order valence-corrected chi connectivity index (χ2v) is 6.28. The lowest BCUT2D eigenvalue weighted by Gasteiger charge is -2.15. The second kappa shape index (κ2) is 6.28. The molecule has 0 fully saturated rings. The predicted octanol–water partition coefficient (Wildman–Crippen LogP) is 4.57. The van der Waals surface area contributed by atoms with E-state index >= 15 is 0 Å². The molecule has 0 bridgehead atoms. The minimum atomic E-state index is -0.558. The molecule has 0 amide bonds. The molecular formula is C14H11BrF2IN. The fourth-order valence-corrected chi connectivity index (χ4v) is 2.91. The van der Waals surface area contributed by atoms with E-state index in [0.717, 1.165) is 13.6 Å². The van der Waals surface area contributed by atoms with Crippen molar-refractivity contribution in [3.8, 4) is 0 Å². The molecule has 2 aromatic rings. The van der Waals surface area contributed by atoms with Gasteiger partial charge in [0.1, 0.15) is 11.6 Å². The molecule has 1 unspecified atom stereocenters. The Morgan fingerprint density at radius 2 is 1.79 bits per heavy atom. The van der Waals surface area contributed by atoms with Gasteiger partial charge in [0.15, 0.2) is 0 Å². The number of benzene rings is 2. The molecule has 0 heterocycles. The standard InChI is InChI=1S/C14H11BrF2IN/c15-11-5-4-8(18)6-9(11)14(19)7-10-12(16)2-1-3-13(10)17/h1-6,14H,7,19H2. The molecule has 0 aliphatic rings. The molecule has 2 N–H and O–H groups in total. The van der Waals surface area contributed by atoms with Crippen LogP contribution in [0.15, 0.2) is 40.9 Å². The molecule has 0 aromatic heterocycles. The zero-order valence-corrected chi connectivity index (χ0v) is 13.6. The van der Waals surface area contributed by atoms with Gasteiger partial charge in [-0.15, -0.1) is 0 Å². The molecule has 0 radical (unpaired) electrons. The smallest absolute Gasteiger partial charge is 0.129 e. The lowest BCUT2D eigenvalue weighted by atomic mass is 9.99. The first-order chi connectivity index (χ1) is 8.99. The molecule has 0 saturated heterocycles. The van der Waals surface area contributed by atoms with E-state index in [1.807, 2.05) is 18.2 Å². The third kappa shape index (κ3) is 3.52. The predicted molar refractivity (Wildman–Crippen MR) is 83.8 cm³/mol. The average Bonchev–Trinajstić information content (AvgIpc) is 2.37. The van der Waals surface area contributed by atoms with Crippen LogP contribution in [-0.4, -0.2) is 0 Å². The summed E-state index contributed by atoms with van der Waals surface area (Å²) in [6.45, 7) is 0. The maximum atomic E-state index is 13.6. The quantitative estimate of drug-likeness (QED) is 0.699. The fourth-order valence-electron chi connectivity index (χ4n) is 1.86. The van der Waals surface area contributed by atoms with Crippen molar-refractivity contribution in [2.45, 2.75) is 12.5 Å². The van der Waals surface area contributed by atoms with Gasteiger partial charge in [-0.25, -0.2) is 8.78 Å². The molecule has 0 saturated carbocycles. The SMILES string of the molecule is NC(Cc1c(F)cccc1F)c1cc(I)ccc1Br. The Hall–Kier alpha value is -0.530. The molecule has 1 atom stereocenters. The monoisotopic (exact) mass is 437 g/mol. The van der Waals surface area contributed by atoms with Crippen LogP contribution >= 0.6 is 38.5 Å². The number of hydrogen-bond donors (Lipinski definition) is 1. The van der Waals surface area contributed by atoms with Crippen LogP contribution in [0.25, 0.3) is 0 Å². The lowest BCUT2D eigenvalue weighted by Crippen LogP contribution is -2.16. The molecule has 1 nitrogen and oxygen atoms in total. The molecule has 0 aliphatic carbocycles. The summed E-state index contributed by atoms with van der Waals surface area (Å²) in [7, 11) is 0. The average molecular weight is 438 g/mol. The highest BCUT2D eigenvalue weighted by Gasteiger charge is 2.16. The maximum Gasteiger partial charge on any atom is 0.129 e. The molecule has 0 aliphatic heterocycles. The van der Waals surface area contributed by atoms with Crippen molar-refractivity contribution >= 4 is 38.5 Å². The summed E-state index contributed by atoms with van der Waals surface area (Å²) in [4.78, 5) is 0. The van der Waals surface area contributed by atoms with Crippen LogP contribution < -0.4 is 5.73 Å². The molecule has 2 rings (SSSR count). The van der Waals surface area contributed by atoms with Crippen molar-refractivity contribution in [3.05, 3.63) is 67.2 Å². The fraction of sp³-hybridized carbons (Fsp3) is 0.143. The molecule has 2 aromatic carbocycles. The Kier molecular flexibility index (Phi) is 4.92. The van der Waals surface area contributed by atoms with Gasteiger partial charge in [0.05, 0.1) is 0 Å². The summed E-state index contributed by atoms with van der Waals surface area (Å²) < 4.78 is 29.1. The van der Waals surface area contributed by atoms with E-state index < -0.39 is 17.7 Å². The summed E-state index contributed by atoms with van der Waals surface area (Å²) in [5.74, 6) is -1.12. The number of halogens is 4. The lowest BCUT2D eigenvalue weighted by molar-refractivity contribution is 0.539. The Morgan fingerprint density at radius 1 is 1.16 bits per heavy atom. The minimum absolute atomic E-state index is 0.0285. The molecule has 5 heteroatoms. The third-order valence-electron chi connectivity index (χ3n) is 2.84. The first-order valence-electron chi connectivity index (χ1n) is 5.62. The van der Waals surface area contributed by atoms with Crippen molar-refractivity contribution < 1.29 is 8.78 Å². The summed E-state index contributed by atoms with van der Waals surface area (Å²) >= 11 is 5.59. The second-order valence-electron chi connectivity index (χ2n) is 4.18. The summed E-state index contributed by atoms with van der Waals surface area (Å²) in [6.07, 6.45) is 0.122. The first kappa shape index (κ1) is 14.9. The van der Waals surface area contributed by atoms with Crippen LogP contribution in [0, 0.1) is 15.2 Å². The highest BCUT2D eigenvalue weighted by atomic mass is 127. The van der Waals surface area contributed by atoms with Gasteiger partial charge in [0.2, 0.25) is 0 Å². The Morgan fingerprint density at radius 3 is 2.42 bits per heavy atom. The highest BCUT2D eigenvalue weighted by molar-refractivity contribution is 14.1. The van der Waals surface area contributed by atoms with Gasteiger partial charge in [-0.3, -0.25) is 0 Å². The van der Waals surface area contributed by atoms with Gasteiger partial charge >= 0.3 is 0 Å².